The molecule has 9 heteroatoms. The summed E-state index contributed by atoms with van der Waals surface area (Å²) in [6.45, 7) is 6.72. The number of hydrogen-bond acceptors (Lipinski definition) is 4. The van der Waals surface area contributed by atoms with Gasteiger partial charge in [-0.2, -0.15) is 0 Å². The van der Waals surface area contributed by atoms with Gasteiger partial charge in [-0.15, -0.1) is 0 Å². The van der Waals surface area contributed by atoms with Gasteiger partial charge in [-0.1, -0.05) is 90.5 Å². The van der Waals surface area contributed by atoms with E-state index in [9.17, 15) is 14.7 Å². The first-order valence-corrected chi connectivity index (χ1v) is 17.1. The Kier molecular flexibility index (Phi) is 11.6. The molecule has 2 aliphatic rings. The minimum absolute atomic E-state index is 0.0250. The van der Waals surface area contributed by atoms with Crippen LogP contribution in [0.25, 0.3) is 0 Å². The maximum atomic E-state index is 13.3. The zero-order valence-corrected chi connectivity index (χ0v) is 27.6. The molecule has 3 aromatic carbocycles. The Morgan fingerprint density at radius 2 is 1.46 bits per heavy atom. The third-order valence-electron chi connectivity index (χ3n) is 9.79. The van der Waals surface area contributed by atoms with Crippen LogP contribution in [0.4, 0.5) is 9.59 Å². The van der Waals surface area contributed by atoms with Crippen molar-refractivity contribution in [1.29, 1.82) is 0 Å². The van der Waals surface area contributed by atoms with E-state index in [0.29, 0.717) is 44.0 Å². The van der Waals surface area contributed by atoms with Crippen molar-refractivity contribution >= 4 is 23.7 Å². The Balaban J connectivity index is 1.23. The van der Waals surface area contributed by atoms with Crippen molar-refractivity contribution in [2.75, 3.05) is 45.8 Å². The molecule has 8 nitrogen and oxygen atoms in total. The lowest BCUT2D eigenvalue weighted by atomic mass is 9.71. The first-order valence-electron chi connectivity index (χ1n) is 16.7. The minimum atomic E-state index is -0.900. The molecule has 2 aliphatic heterocycles. The topological polar surface area (TPSA) is 96.9 Å². The summed E-state index contributed by atoms with van der Waals surface area (Å²) in [5, 5.41) is 21.3. The highest BCUT2D eigenvalue weighted by atomic mass is 35.5. The molecular formula is C37H48ClN5O3. The third-order valence-corrected chi connectivity index (χ3v) is 10.1. The number of aliphatic hydroxyl groups is 1. The van der Waals surface area contributed by atoms with Crippen molar-refractivity contribution < 1.29 is 14.7 Å². The Morgan fingerprint density at radius 3 is 2.04 bits per heavy atom. The van der Waals surface area contributed by atoms with Gasteiger partial charge in [0.25, 0.3) is 0 Å². The number of halogens is 1. The van der Waals surface area contributed by atoms with Crippen LogP contribution in [0, 0.1) is 0 Å². The minimum Gasteiger partial charge on any atom is -0.385 e. The molecule has 0 spiro atoms. The lowest BCUT2D eigenvalue weighted by Crippen LogP contribution is -2.52. The summed E-state index contributed by atoms with van der Waals surface area (Å²) >= 11 is 6.44. The largest absolute Gasteiger partial charge is 0.385 e. The summed E-state index contributed by atoms with van der Waals surface area (Å²) < 4.78 is 0. The highest BCUT2D eigenvalue weighted by Gasteiger charge is 2.37. The summed E-state index contributed by atoms with van der Waals surface area (Å²) in [5.41, 5.74) is 1.84. The third kappa shape index (κ3) is 8.21. The average Bonchev–Trinajstić information content (AvgIpc) is 3.08. The number of nitrogens with zero attached hydrogens (tertiary/aromatic N) is 2. The van der Waals surface area contributed by atoms with Gasteiger partial charge >= 0.3 is 12.1 Å². The van der Waals surface area contributed by atoms with Crippen LogP contribution in [0.15, 0.2) is 84.9 Å². The van der Waals surface area contributed by atoms with Crippen LogP contribution in [-0.2, 0) is 11.0 Å². The second-order valence-electron chi connectivity index (χ2n) is 12.7. The van der Waals surface area contributed by atoms with Crippen LogP contribution >= 0.6 is 11.6 Å². The Morgan fingerprint density at radius 1 is 0.870 bits per heavy atom. The molecule has 4 amide bonds. The molecule has 46 heavy (non-hydrogen) atoms. The van der Waals surface area contributed by atoms with E-state index in [1.54, 1.807) is 0 Å². The molecule has 3 aromatic rings. The molecule has 0 radical (unpaired) electrons. The van der Waals surface area contributed by atoms with Crippen molar-refractivity contribution in [2.45, 2.75) is 62.5 Å². The second kappa shape index (κ2) is 15.8. The van der Waals surface area contributed by atoms with Gasteiger partial charge in [-0.3, -0.25) is 0 Å². The highest BCUT2D eigenvalue weighted by Crippen LogP contribution is 2.39. The number of hydrogen-bond donors (Lipinski definition) is 4. The van der Waals surface area contributed by atoms with E-state index in [-0.39, 0.29) is 18.1 Å². The van der Waals surface area contributed by atoms with Crippen molar-refractivity contribution in [2.24, 2.45) is 0 Å². The van der Waals surface area contributed by atoms with E-state index in [0.717, 1.165) is 50.9 Å². The van der Waals surface area contributed by atoms with Gasteiger partial charge < -0.3 is 30.9 Å². The summed E-state index contributed by atoms with van der Waals surface area (Å²) in [6, 6.07) is 28.4. The quantitative estimate of drug-likeness (QED) is 0.209. The average molecular weight is 646 g/mol. The maximum absolute atomic E-state index is 13.3. The number of benzene rings is 3. The molecule has 2 fully saturated rings. The van der Waals surface area contributed by atoms with Crippen LogP contribution in [0.5, 0.6) is 0 Å². The maximum Gasteiger partial charge on any atom is 0.317 e. The van der Waals surface area contributed by atoms with Gasteiger partial charge in [0.2, 0.25) is 0 Å². The summed E-state index contributed by atoms with van der Waals surface area (Å²) in [5.74, 6) is 0. The van der Waals surface area contributed by atoms with E-state index in [1.807, 2.05) is 48.2 Å². The van der Waals surface area contributed by atoms with Crippen LogP contribution in [0.2, 0.25) is 5.02 Å². The molecule has 5 rings (SSSR count). The molecule has 2 saturated heterocycles. The van der Waals surface area contributed by atoms with E-state index in [1.165, 1.54) is 11.1 Å². The lowest BCUT2D eigenvalue weighted by Gasteiger charge is -2.40. The first-order chi connectivity index (χ1) is 22.3. The zero-order valence-electron chi connectivity index (χ0n) is 26.9. The lowest BCUT2D eigenvalue weighted by molar-refractivity contribution is -0.0261. The second-order valence-corrected chi connectivity index (χ2v) is 13.1. The van der Waals surface area contributed by atoms with Gasteiger partial charge in [0.1, 0.15) is 0 Å². The molecule has 0 atom stereocenters. The fourth-order valence-electron chi connectivity index (χ4n) is 7.08. The van der Waals surface area contributed by atoms with Crippen molar-refractivity contribution in [3.05, 3.63) is 107 Å². The highest BCUT2D eigenvalue weighted by molar-refractivity contribution is 6.31. The van der Waals surface area contributed by atoms with Crippen molar-refractivity contribution in [1.82, 2.24) is 25.8 Å². The number of nitrogens with one attached hydrogen (secondary N) is 3. The van der Waals surface area contributed by atoms with Gasteiger partial charge in [-0.05, 0) is 69.2 Å². The molecule has 0 aromatic heterocycles. The smallest absolute Gasteiger partial charge is 0.317 e. The fraction of sp³-hybridized carbons (Fsp3) is 0.459. The van der Waals surface area contributed by atoms with Crippen LogP contribution < -0.4 is 16.0 Å². The van der Waals surface area contributed by atoms with Gasteiger partial charge in [0.15, 0.2) is 0 Å². The number of carbonyl (C=O) groups excluding carboxylic acids is 2. The molecule has 0 aliphatic carbocycles. The van der Waals surface area contributed by atoms with Gasteiger partial charge in [-0.25, -0.2) is 9.59 Å². The number of amides is 4. The number of urea groups is 2. The fourth-order valence-corrected chi connectivity index (χ4v) is 7.39. The number of carbonyl (C=O) groups is 2. The molecule has 0 unspecified atom stereocenters. The normalized spacial score (nSPS) is 17.3. The summed E-state index contributed by atoms with van der Waals surface area (Å²) in [4.78, 5) is 29.7. The number of rotatable bonds is 11. The Labute approximate surface area is 278 Å². The van der Waals surface area contributed by atoms with E-state index < -0.39 is 11.0 Å². The summed E-state index contributed by atoms with van der Waals surface area (Å²) in [7, 11) is 0. The zero-order chi connectivity index (χ0) is 32.4. The molecular weight excluding hydrogens is 598 g/mol. The van der Waals surface area contributed by atoms with E-state index >= 15 is 0 Å². The van der Waals surface area contributed by atoms with Gasteiger partial charge in [0, 0.05) is 61.3 Å². The number of piperidine rings is 2. The summed E-state index contributed by atoms with van der Waals surface area (Å²) in [6.07, 6.45) is 4.52. The predicted octanol–water partition coefficient (Wildman–Crippen LogP) is 5.88. The molecule has 0 saturated carbocycles. The molecule has 246 valence electrons. The predicted molar refractivity (Wildman–Crippen MR) is 184 cm³/mol. The Bertz CT molecular complexity index is 1370. The standard InChI is InChI=1S/C37H48ClN5O3/c1-2-39-35(45)43-24-18-31(19-25-43)41-34(44)40-28-36(29-12-5-3-6-13-29,30-14-7-4-8-15-30)20-11-23-42-26-21-37(46,22-27-42)32-16-9-10-17-33(32)38/h3-10,12-17,31,46H,2,11,18-28H2,1H3,(H,39,45)(H2,40,41,44). The van der Waals surface area contributed by atoms with Crippen molar-refractivity contribution in [3.8, 4) is 0 Å². The van der Waals surface area contributed by atoms with E-state index in [4.69, 9.17) is 11.6 Å². The van der Waals surface area contributed by atoms with Crippen molar-refractivity contribution in [3.63, 3.8) is 0 Å². The first kappa shape index (κ1) is 33.8. The van der Waals surface area contributed by atoms with Crippen LogP contribution in [0.1, 0.15) is 62.1 Å². The SMILES string of the molecule is CCNC(=O)N1CCC(NC(=O)NCC(CCCN2CCC(O)(c3ccccc3Cl)CC2)(c2ccccc2)c2ccccc2)CC1. The number of likely N-dealkylation sites (tertiary alicyclic amines) is 2. The van der Waals surface area contributed by atoms with Gasteiger partial charge in [0.05, 0.1) is 5.60 Å². The molecule has 0 bridgehead atoms. The monoisotopic (exact) mass is 645 g/mol. The Hall–Kier alpha value is -3.59. The molecule has 2 heterocycles. The molecule has 4 N–H and O–H groups in total. The van der Waals surface area contributed by atoms with Crippen LogP contribution in [0.3, 0.4) is 0 Å². The van der Waals surface area contributed by atoms with Crippen LogP contribution in [-0.4, -0.2) is 78.8 Å². The van der Waals surface area contributed by atoms with E-state index in [2.05, 4.69) is 69.4 Å².